The minimum atomic E-state index is -3.56. The van der Waals surface area contributed by atoms with Crippen LogP contribution in [0.15, 0.2) is 47.6 Å². The fourth-order valence-corrected chi connectivity index (χ4v) is 2.80. The Morgan fingerprint density at radius 2 is 2.05 bits per heavy atom. The minimum absolute atomic E-state index is 0.140. The maximum atomic E-state index is 12.0. The number of hydrogen-bond acceptors (Lipinski definition) is 5. The Balaban J connectivity index is 1.73. The van der Waals surface area contributed by atoms with Crippen LogP contribution in [0, 0.1) is 0 Å². The van der Waals surface area contributed by atoms with E-state index in [1.807, 2.05) is 0 Å². The van der Waals surface area contributed by atoms with E-state index in [9.17, 15) is 8.42 Å². The first-order valence-corrected chi connectivity index (χ1v) is 7.42. The number of nitrogens with one attached hydrogen (secondary N) is 1. The van der Waals surface area contributed by atoms with Crippen molar-refractivity contribution in [3.63, 3.8) is 0 Å². The molecule has 0 fully saturated rings. The maximum Gasteiger partial charge on any atom is 0.242 e. The summed E-state index contributed by atoms with van der Waals surface area (Å²) in [5.41, 5.74) is 0.793. The van der Waals surface area contributed by atoms with E-state index in [1.165, 1.54) is 18.5 Å². The van der Waals surface area contributed by atoms with E-state index >= 15 is 0 Å². The molecule has 20 heavy (non-hydrogen) atoms. The molecule has 1 aliphatic rings. The van der Waals surface area contributed by atoms with Crippen molar-refractivity contribution in [2.24, 2.45) is 0 Å². The first-order valence-electron chi connectivity index (χ1n) is 5.93. The molecule has 0 saturated heterocycles. The molecule has 1 aromatic heterocycles. The molecule has 0 atom stereocenters. The van der Waals surface area contributed by atoms with Crippen molar-refractivity contribution < 1.29 is 17.9 Å². The number of benzene rings is 1. The number of aromatic nitrogens is 1. The minimum Gasteiger partial charge on any atom is -0.454 e. The normalized spacial score (nSPS) is 13.4. The van der Waals surface area contributed by atoms with Crippen molar-refractivity contribution in [2.75, 3.05) is 6.79 Å². The summed E-state index contributed by atoms with van der Waals surface area (Å²) in [6.45, 7) is 0.369. The van der Waals surface area contributed by atoms with Crippen LogP contribution < -0.4 is 14.2 Å². The number of ether oxygens (including phenoxy) is 2. The topological polar surface area (TPSA) is 77.5 Å². The zero-order valence-corrected chi connectivity index (χ0v) is 11.3. The highest BCUT2D eigenvalue weighted by atomic mass is 32.2. The summed E-state index contributed by atoms with van der Waals surface area (Å²) in [5.74, 6) is 1.30. The Bertz CT molecular complexity index is 716. The Morgan fingerprint density at radius 1 is 1.20 bits per heavy atom. The molecule has 2 heterocycles. The monoisotopic (exact) mass is 292 g/mol. The van der Waals surface area contributed by atoms with Crippen LogP contribution in [0.5, 0.6) is 11.5 Å². The number of hydrogen-bond donors (Lipinski definition) is 1. The quantitative estimate of drug-likeness (QED) is 0.918. The lowest BCUT2D eigenvalue weighted by atomic mass is 10.2. The van der Waals surface area contributed by atoms with Crippen LogP contribution in [-0.2, 0) is 16.6 Å². The van der Waals surface area contributed by atoms with Crippen LogP contribution in [0.3, 0.4) is 0 Å². The molecule has 0 bridgehead atoms. The molecule has 7 heteroatoms. The smallest absolute Gasteiger partial charge is 0.242 e. The van der Waals surface area contributed by atoms with E-state index in [1.54, 1.807) is 24.3 Å². The lowest BCUT2D eigenvalue weighted by molar-refractivity contribution is 0.174. The molecule has 0 radical (unpaired) electrons. The largest absolute Gasteiger partial charge is 0.454 e. The van der Waals surface area contributed by atoms with E-state index in [0.29, 0.717) is 11.5 Å². The molecule has 0 spiro atoms. The third kappa shape index (κ3) is 2.59. The molecule has 3 rings (SSSR count). The van der Waals surface area contributed by atoms with Crippen molar-refractivity contribution in [2.45, 2.75) is 11.4 Å². The van der Waals surface area contributed by atoms with Crippen LogP contribution in [0.4, 0.5) is 0 Å². The second-order valence-electron chi connectivity index (χ2n) is 4.20. The lowest BCUT2D eigenvalue weighted by Gasteiger charge is -2.07. The third-order valence-corrected chi connectivity index (χ3v) is 4.23. The van der Waals surface area contributed by atoms with Gasteiger partial charge in [-0.05, 0) is 29.8 Å². The van der Waals surface area contributed by atoms with Gasteiger partial charge in [-0.15, -0.1) is 0 Å². The summed E-state index contributed by atoms with van der Waals surface area (Å²) in [6.07, 6.45) is 2.83. The highest BCUT2D eigenvalue weighted by Gasteiger charge is 2.16. The van der Waals surface area contributed by atoms with Gasteiger partial charge in [-0.25, -0.2) is 13.1 Å². The predicted molar refractivity (Wildman–Crippen MR) is 70.8 cm³/mol. The standard InChI is InChI=1S/C13H12N2O4S/c16-20(17,11-2-1-5-14-8-11)15-7-10-3-4-12-13(6-10)19-9-18-12/h1-6,8,15H,7,9H2. The molecular weight excluding hydrogens is 280 g/mol. The lowest BCUT2D eigenvalue weighted by Crippen LogP contribution is -2.23. The van der Waals surface area contributed by atoms with E-state index < -0.39 is 10.0 Å². The van der Waals surface area contributed by atoms with Crippen LogP contribution in [0.2, 0.25) is 0 Å². The Kier molecular flexibility index (Phi) is 3.29. The van der Waals surface area contributed by atoms with Crippen LogP contribution in [0.1, 0.15) is 5.56 Å². The van der Waals surface area contributed by atoms with Crippen molar-refractivity contribution >= 4 is 10.0 Å². The number of rotatable bonds is 4. The molecular formula is C13H12N2O4S. The number of fused-ring (bicyclic) bond motifs is 1. The van der Waals surface area contributed by atoms with Gasteiger partial charge in [0, 0.05) is 18.9 Å². The average molecular weight is 292 g/mol. The average Bonchev–Trinajstić information content (AvgIpc) is 2.94. The molecule has 104 valence electrons. The van der Waals surface area contributed by atoms with Crippen molar-refractivity contribution in [1.82, 2.24) is 9.71 Å². The van der Waals surface area contributed by atoms with Gasteiger partial charge in [-0.3, -0.25) is 4.98 Å². The van der Waals surface area contributed by atoms with Gasteiger partial charge >= 0.3 is 0 Å². The fourth-order valence-electron chi connectivity index (χ4n) is 1.82. The maximum absolute atomic E-state index is 12.0. The fraction of sp³-hybridized carbons (Fsp3) is 0.154. The molecule has 1 aliphatic heterocycles. The van der Waals surface area contributed by atoms with E-state index in [4.69, 9.17) is 9.47 Å². The molecule has 0 amide bonds. The molecule has 0 aliphatic carbocycles. The Labute approximate surface area is 116 Å². The highest BCUT2D eigenvalue weighted by molar-refractivity contribution is 7.89. The first-order chi connectivity index (χ1) is 9.65. The van der Waals surface area contributed by atoms with Gasteiger partial charge in [0.05, 0.1) is 0 Å². The molecule has 1 aromatic carbocycles. The SMILES string of the molecule is O=S(=O)(NCc1ccc2c(c1)OCO2)c1cccnc1. The van der Waals surface area contributed by atoms with Crippen molar-refractivity contribution in [1.29, 1.82) is 0 Å². The van der Waals surface area contributed by atoms with Crippen LogP contribution >= 0.6 is 0 Å². The first kappa shape index (κ1) is 12.9. The number of sulfonamides is 1. The molecule has 2 aromatic rings. The summed E-state index contributed by atoms with van der Waals surface area (Å²) < 4.78 is 37.0. The number of pyridine rings is 1. The summed E-state index contributed by atoms with van der Waals surface area (Å²) in [4.78, 5) is 3.94. The molecule has 6 nitrogen and oxygen atoms in total. The summed E-state index contributed by atoms with van der Waals surface area (Å²) in [6, 6.07) is 8.38. The van der Waals surface area contributed by atoms with Crippen molar-refractivity contribution in [3.8, 4) is 11.5 Å². The Morgan fingerprint density at radius 3 is 2.85 bits per heavy atom. The molecule has 0 unspecified atom stereocenters. The van der Waals surface area contributed by atoms with Gasteiger partial charge in [0.2, 0.25) is 16.8 Å². The summed E-state index contributed by atoms with van der Waals surface area (Å²) in [5, 5.41) is 0. The van der Waals surface area contributed by atoms with Gasteiger partial charge < -0.3 is 9.47 Å². The van der Waals surface area contributed by atoms with Gasteiger partial charge in [-0.1, -0.05) is 6.07 Å². The summed E-state index contributed by atoms with van der Waals surface area (Å²) >= 11 is 0. The second-order valence-corrected chi connectivity index (χ2v) is 5.97. The van der Waals surface area contributed by atoms with Crippen molar-refractivity contribution in [3.05, 3.63) is 48.3 Å². The second kappa shape index (κ2) is 5.10. The van der Waals surface area contributed by atoms with E-state index in [-0.39, 0.29) is 18.2 Å². The zero-order valence-electron chi connectivity index (χ0n) is 10.4. The molecule has 1 N–H and O–H groups in total. The van der Waals surface area contributed by atoms with E-state index in [0.717, 1.165) is 5.56 Å². The van der Waals surface area contributed by atoms with Crippen LogP contribution in [-0.4, -0.2) is 20.2 Å². The van der Waals surface area contributed by atoms with Crippen LogP contribution in [0.25, 0.3) is 0 Å². The van der Waals surface area contributed by atoms with Gasteiger partial charge in [0.25, 0.3) is 0 Å². The zero-order chi connectivity index (χ0) is 14.0. The highest BCUT2D eigenvalue weighted by Crippen LogP contribution is 2.32. The third-order valence-electron chi connectivity index (χ3n) is 2.85. The van der Waals surface area contributed by atoms with Gasteiger partial charge in [-0.2, -0.15) is 0 Å². The van der Waals surface area contributed by atoms with Gasteiger partial charge in [0.1, 0.15) is 4.90 Å². The molecule has 0 saturated carbocycles. The predicted octanol–water partition coefficient (Wildman–Crippen LogP) is 1.29. The van der Waals surface area contributed by atoms with E-state index in [2.05, 4.69) is 9.71 Å². The van der Waals surface area contributed by atoms with Gasteiger partial charge in [0.15, 0.2) is 11.5 Å². The number of nitrogens with zero attached hydrogens (tertiary/aromatic N) is 1. The Hall–Kier alpha value is -2.12. The summed E-state index contributed by atoms with van der Waals surface area (Å²) in [7, 11) is -3.56.